The number of ether oxygens (including phenoxy) is 1. The summed E-state index contributed by atoms with van der Waals surface area (Å²) in [5, 5.41) is 3.68. The fourth-order valence-corrected chi connectivity index (χ4v) is 2.81. The predicted molar refractivity (Wildman–Crippen MR) is 99.7 cm³/mol. The molecular weight excluding hydrogens is 377 g/mol. The second kappa shape index (κ2) is 8.83. The summed E-state index contributed by atoms with van der Waals surface area (Å²) < 4.78 is 5.16. The molecule has 0 bridgehead atoms. The molecule has 0 saturated heterocycles. The summed E-state index contributed by atoms with van der Waals surface area (Å²) in [7, 11) is 0. The molecule has 0 radical (unpaired) electrons. The van der Waals surface area contributed by atoms with Crippen molar-refractivity contribution < 1.29 is 19.1 Å². The molecule has 0 aromatic heterocycles. The number of hydrogen-bond donors (Lipinski definition) is 1. The lowest BCUT2D eigenvalue weighted by atomic mass is 10.1. The quantitative estimate of drug-likeness (QED) is 0.588. The maximum absolute atomic E-state index is 12.3. The zero-order chi connectivity index (χ0) is 19.3. The minimum atomic E-state index is -0.998. The van der Waals surface area contributed by atoms with Crippen LogP contribution in [0.2, 0.25) is 10.0 Å². The molecule has 0 aliphatic heterocycles. The van der Waals surface area contributed by atoms with Crippen molar-refractivity contribution >= 4 is 41.4 Å². The first-order valence-corrected chi connectivity index (χ1v) is 8.59. The number of hydrogen-bond acceptors (Lipinski definition) is 4. The highest BCUT2D eigenvalue weighted by Gasteiger charge is 2.21. The van der Waals surface area contributed by atoms with Gasteiger partial charge in [0.05, 0.1) is 11.6 Å². The Bertz CT molecular complexity index is 821. The van der Waals surface area contributed by atoms with E-state index in [0.29, 0.717) is 27.5 Å². The Kier molecular flexibility index (Phi) is 6.77. The van der Waals surface area contributed by atoms with Gasteiger partial charge in [-0.1, -0.05) is 41.4 Å². The lowest BCUT2D eigenvalue weighted by Crippen LogP contribution is -2.37. The second-order valence-electron chi connectivity index (χ2n) is 5.68. The van der Waals surface area contributed by atoms with Crippen LogP contribution in [-0.4, -0.2) is 24.3 Å². The Morgan fingerprint density at radius 1 is 1.08 bits per heavy atom. The van der Waals surface area contributed by atoms with Gasteiger partial charge in [0.2, 0.25) is 0 Å². The molecule has 26 heavy (non-hydrogen) atoms. The first kappa shape index (κ1) is 19.9. The monoisotopic (exact) mass is 393 g/mol. The molecule has 1 amide bonds. The van der Waals surface area contributed by atoms with Crippen LogP contribution in [-0.2, 0) is 9.53 Å². The number of rotatable bonds is 6. The van der Waals surface area contributed by atoms with Gasteiger partial charge in [0.15, 0.2) is 6.10 Å². The van der Waals surface area contributed by atoms with Crippen molar-refractivity contribution in [3.05, 3.63) is 69.2 Å². The third kappa shape index (κ3) is 5.07. The maximum Gasteiger partial charge on any atom is 0.338 e. The zero-order valence-electron chi connectivity index (χ0n) is 14.2. The van der Waals surface area contributed by atoms with Crippen molar-refractivity contribution in [3.63, 3.8) is 0 Å². The van der Waals surface area contributed by atoms with Crippen molar-refractivity contribution in [1.29, 1.82) is 0 Å². The van der Waals surface area contributed by atoms with Gasteiger partial charge in [0.25, 0.3) is 5.91 Å². The normalized spacial score (nSPS) is 12.8. The van der Waals surface area contributed by atoms with Crippen LogP contribution in [0.5, 0.6) is 0 Å². The highest BCUT2D eigenvalue weighted by molar-refractivity contribution is 6.35. The van der Waals surface area contributed by atoms with Crippen LogP contribution in [0.4, 0.5) is 0 Å². The second-order valence-corrected chi connectivity index (χ2v) is 6.53. The summed E-state index contributed by atoms with van der Waals surface area (Å²) in [5.74, 6) is -1.11. The summed E-state index contributed by atoms with van der Waals surface area (Å²) in [4.78, 5) is 35.0. The molecule has 5 nitrogen and oxygen atoms in total. The van der Waals surface area contributed by atoms with E-state index in [1.165, 1.54) is 31.2 Å². The molecule has 0 aliphatic rings. The Hall–Kier alpha value is -2.37. The average Bonchev–Trinajstić information content (AvgIpc) is 2.61. The van der Waals surface area contributed by atoms with Gasteiger partial charge < -0.3 is 10.1 Å². The Morgan fingerprint density at radius 3 is 2.31 bits per heavy atom. The molecule has 2 atom stereocenters. The Labute approximate surface area is 161 Å². The fourth-order valence-electron chi connectivity index (χ4n) is 2.24. The van der Waals surface area contributed by atoms with Crippen molar-refractivity contribution in [1.82, 2.24) is 5.32 Å². The van der Waals surface area contributed by atoms with Gasteiger partial charge in [0, 0.05) is 15.6 Å². The third-order valence-electron chi connectivity index (χ3n) is 3.72. The standard InChI is InChI=1S/C19H17Cl2NO4/c1-11(16-8-7-15(20)9-17(16)21)22-18(24)12(2)26-19(25)14-5-3-13(10-23)4-6-14/h3-12H,1-2H3,(H,22,24)/t11-,12-/m0/s1. The Balaban J connectivity index is 1.97. The molecule has 0 unspecified atom stereocenters. The fraction of sp³-hybridized carbons (Fsp3) is 0.211. The Morgan fingerprint density at radius 2 is 1.73 bits per heavy atom. The first-order valence-electron chi connectivity index (χ1n) is 7.83. The summed E-state index contributed by atoms with van der Waals surface area (Å²) >= 11 is 12.0. The minimum absolute atomic E-state index is 0.254. The summed E-state index contributed by atoms with van der Waals surface area (Å²) in [6.45, 7) is 3.24. The molecular formula is C19H17Cl2NO4. The van der Waals surface area contributed by atoms with Crippen LogP contribution in [0, 0.1) is 0 Å². The number of esters is 1. The number of aldehydes is 1. The molecule has 0 fully saturated rings. The summed E-state index contributed by atoms with van der Waals surface area (Å²) in [6, 6.07) is 10.5. The van der Waals surface area contributed by atoms with E-state index in [1.54, 1.807) is 25.1 Å². The van der Waals surface area contributed by atoms with Crippen molar-refractivity contribution in [3.8, 4) is 0 Å². The van der Waals surface area contributed by atoms with Crippen LogP contribution in [0.3, 0.4) is 0 Å². The number of carbonyl (C=O) groups excluding carboxylic acids is 3. The van der Waals surface area contributed by atoms with E-state index in [2.05, 4.69) is 5.32 Å². The van der Waals surface area contributed by atoms with Crippen molar-refractivity contribution in [2.75, 3.05) is 0 Å². The van der Waals surface area contributed by atoms with E-state index in [9.17, 15) is 14.4 Å². The van der Waals surface area contributed by atoms with Crippen molar-refractivity contribution in [2.24, 2.45) is 0 Å². The maximum atomic E-state index is 12.3. The first-order chi connectivity index (χ1) is 12.3. The minimum Gasteiger partial charge on any atom is -0.449 e. The smallest absolute Gasteiger partial charge is 0.338 e. The van der Waals surface area contributed by atoms with E-state index in [4.69, 9.17) is 27.9 Å². The van der Waals surface area contributed by atoms with E-state index < -0.39 is 18.0 Å². The number of carbonyl (C=O) groups is 3. The highest BCUT2D eigenvalue weighted by atomic mass is 35.5. The van der Waals surface area contributed by atoms with Crippen LogP contribution in [0.1, 0.15) is 46.2 Å². The molecule has 0 saturated carbocycles. The highest BCUT2D eigenvalue weighted by Crippen LogP contribution is 2.26. The molecule has 136 valence electrons. The summed E-state index contributed by atoms with van der Waals surface area (Å²) in [6.07, 6.45) is -0.323. The van der Waals surface area contributed by atoms with Crippen LogP contribution in [0.25, 0.3) is 0 Å². The van der Waals surface area contributed by atoms with E-state index in [0.717, 1.165) is 0 Å². The van der Waals surface area contributed by atoms with Gasteiger partial charge in [0.1, 0.15) is 6.29 Å². The largest absolute Gasteiger partial charge is 0.449 e. The number of amides is 1. The molecule has 0 heterocycles. The van der Waals surface area contributed by atoms with Gasteiger partial charge in [-0.3, -0.25) is 9.59 Å². The predicted octanol–water partition coefficient (Wildman–Crippen LogP) is 4.23. The van der Waals surface area contributed by atoms with Crippen molar-refractivity contribution in [2.45, 2.75) is 26.0 Å². The van der Waals surface area contributed by atoms with Crippen LogP contribution >= 0.6 is 23.2 Å². The van der Waals surface area contributed by atoms with E-state index >= 15 is 0 Å². The molecule has 1 N–H and O–H groups in total. The third-order valence-corrected chi connectivity index (χ3v) is 4.29. The van der Waals surface area contributed by atoms with Crippen LogP contribution in [0.15, 0.2) is 42.5 Å². The topological polar surface area (TPSA) is 72.5 Å². The number of nitrogens with one attached hydrogen (secondary N) is 1. The molecule has 7 heteroatoms. The molecule has 0 spiro atoms. The zero-order valence-corrected chi connectivity index (χ0v) is 15.7. The van der Waals surface area contributed by atoms with Gasteiger partial charge in [-0.05, 0) is 43.7 Å². The van der Waals surface area contributed by atoms with Gasteiger partial charge in [-0.2, -0.15) is 0 Å². The molecule has 2 aromatic rings. The SMILES string of the molecule is C[C@H](OC(=O)c1ccc(C=O)cc1)C(=O)N[C@@H](C)c1ccc(Cl)cc1Cl. The molecule has 2 rings (SSSR count). The van der Waals surface area contributed by atoms with Crippen LogP contribution < -0.4 is 5.32 Å². The van der Waals surface area contributed by atoms with Gasteiger partial charge in [-0.25, -0.2) is 4.79 Å². The average molecular weight is 394 g/mol. The summed E-state index contributed by atoms with van der Waals surface area (Å²) in [5.41, 5.74) is 1.40. The van der Waals surface area contributed by atoms with Gasteiger partial charge >= 0.3 is 5.97 Å². The lowest BCUT2D eigenvalue weighted by Gasteiger charge is -2.19. The number of halogens is 2. The molecule has 0 aliphatic carbocycles. The van der Waals surface area contributed by atoms with E-state index in [-0.39, 0.29) is 11.6 Å². The number of benzene rings is 2. The lowest BCUT2D eigenvalue weighted by molar-refractivity contribution is -0.129. The molecule has 2 aromatic carbocycles. The van der Waals surface area contributed by atoms with Gasteiger partial charge in [-0.15, -0.1) is 0 Å². The van der Waals surface area contributed by atoms with E-state index in [1.807, 2.05) is 0 Å².